The van der Waals surface area contributed by atoms with Crippen molar-refractivity contribution >= 4 is 11.7 Å². The average Bonchev–Trinajstić information content (AvgIpc) is 3.25. The number of rotatable bonds is 11. The number of carbonyl (C=O) groups is 1. The number of nitrogens with one attached hydrogen (secondary N) is 1. The molecule has 0 atom stereocenters. The van der Waals surface area contributed by atoms with Gasteiger partial charge in [-0.2, -0.15) is 0 Å². The molecule has 0 spiro atoms. The average molecular weight is 436 g/mol. The molecule has 0 aliphatic carbocycles. The summed E-state index contributed by atoms with van der Waals surface area (Å²) in [5, 5.41) is 3.02. The zero-order chi connectivity index (χ0) is 22.8. The monoisotopic (exact) mass is 435 g/mol. The highest BCUT2D eigenvalue weighted by molar-refractivity contribution is 5.91. The van der Waals surface area contributed by atoms with Gasteiger partial charge in [0.05, 0.1) is 26.5 Å². The van der Waals surface area contributed by atoms with Crippen LogP contribution >= 0.6 is 0 Å². The van der Waals surface area contributed by atoms with Gasteiger partial charge in [-0.15, -0.1) is 0 Å². The molecule has 0 aliphatic heterocycles. The summed E-state index contributed by atoms with van der Waals surface area (Å²) in [6.45, 7) is 4.17. The van der Waals surface area contributed by atoms with Crippen LogP contribution in [-0.2, 0) is 13.1 Å². The normalized spacial score (nSPS) is 10.6. The number of ether oxygens (including phenoxy) is 2. The Bertz CT molecular complexity index is 985. The number of amides is 2. The number of hydrogen-bond acceptors (Lipinski definition) is 3. The van der Waals surface area contributed by atoms with Crippen LogP contribution in [0.4, 0.5) is 10.5 Å². The molecule has 6 nitrogen and oxygen atoms in total. The van der Waals surface area contributed by atoms with Crippen molar-refractivity contribution in [2.75, 3.05) is 26.1 Å². The number of methoxy groups -OCH3 is 2. The molecular formula is C26H33N3O3. The van der Waals surface area contributed by atoms with Crippen LogP contribution in [0.15, 0.2) is 66.9 Å². The molecule has 1 heterocycles. The van der Waals surface area contributed by atoms with Gasteiger partial charge >= 0.3 is 6.03 Å². The van der Waals surface area contributed by atoms with Crippen molar-refractivity contribution in [2.24, 2.45) is 0 Å². The minimum Gasteiger partial charge on any atom is -0.497 e. The molecule has 170 valence electrons. The summed E-state index contributed by atoms with van der Waals surface area (Å²) >= 11 is 0. The fraction of sp³-hybridized carbons (Fsp3) is 0.346. The molecule has 3 rings (SSSR count). The molecule has 0 unspecified atom stereocenters. The molecule has 1 N–H and O–H groups in total. The van der Waals surface area contributed by atoms with Gasteiger partial charge in [-0.3, -0.25) is 0 Å². The number of hydrogen-bond donors (Lipinski definition) is 1. The third kappa shape index (κ3) is 6.30. The maximum Gasteiger partial charge on any atom is 0.322 e. The van der Waals surface area contributed by atoms with E-state index in [-0.39, 0.29) is 6.03 Å². The first-order chi connectivity index (χ1) is 15.6. The maximum atomic E-state index is 13.2. The summed E-state index contributed by atoms with van der Waals surface area (Å²) in [5.74, 6) is 1.25. The van der Waals surface area contributed by atoms with Crippen molar-refractivity contribution in [3.63, 3.8) is 0 Å². The van der Waals surface area contributed by atoms with E-state index < -0.39 is 0 Å². The summed E-state index contributed by atoms with van der Waals surface area (Å²) in [6, 6.07) is 19.7. The third-order valence-electron chi connectivity index (χ3n) is 5.44. The first-order valence-corrected chi connectivity index (χ1v) is 11.1. The Morgan fingerprint density at radius 3 is 2.53 bits per heavy atom. The van der Waals surface area contributed by atoms with Crippen LogP contribution in [0.25, 0.3) is 0 Å². The molecule has 2 amide bonds. The smallest absolute Gasteiger partial charge is 0.322 e. The van der Waals surface area contributed by atoms with Gasteiger partial charge < -0.3 is 24.3 Å². The first kappa shape index (κ1) is 23.3. The quantitative estimate of drug-likeness (QED) is 0.389. The lowest BCUT2D eigenvalue weighted by Crippen LogP contribution is -2.36. The lowest BCUT2D eigenvalue weighted by atomic mass is 10.2. The number of benzene rings is 2. The third-order valence-corrected chi connectivity index (χ3v) is 5.44. The predicted molar refractivity (Wildman–Crippen MR) is 128 cm³/mol. The molecule has 0 saturated heterocycles. The molecule has 0 saturated carbocycles. The number of aromatic nitrogens is 1. The van der Waals surface area contributed by atoms with Crippen molar-refractivity contribution in [2.45, 2.75) is 39.3 Å². The number of urea groups is 1. The van der Waals surface area contributed by atoms with Gasteiger partial charge in [0.2, 0.25) is 0 Å². The zero-order valence-electron chi connectivity index (χ0n) is 19.2. The van der Waals surface area contributed by atoms with Gasteiger partial charge in [0.15, 0.2) is 0 Å². The van der Waals surface area contributed by atoms with E-state index >= 15 is 0 Å². The Labute approximate surface area is 190 Å². The van der Waals surface area contributed by atoms with Crippen LogP contribution in [0.1, 0.15) is 37.4 Å². The first-order valence-electron chi connectivity index (χ1n) is 11.1. The fourth-order valence-corrected chi connectivity index (χ4v) is 3.62. The van der Waals surface area contributed by atoms with E-state index in [1.54, 1.807) is 26.4 Å². The number of nitrogens with zero attached hydrogens (tertiary/aromatic N) is 2. The van der Waals surface area contributed by atoms with Crippen molar-refractivity contribution in [3.05, 3.63) is 78.1 Å². The number of unbranched alkanes of at least 4 members (excludes halogenated alkanes) is 2. The Morgan fingerprint density at radius 2 is 1.81 bits per heavy atom. The number of carbonyl (C=O) groups excluding carboxylic acids is 1. The molecule has 0 aliphatic rings. The molecular weight excluding hydrogens is 402 g/mol. The molecule has 0 bridgehead atoms. The highest BCUT2D eigenvalue weighted by Gasteiger charge is 2.18. The second kappa shape index (κ2) is 11.8. The van der Waals surface area contributed by atoms with Crippen molar-refractivity contribution in [1.82, 2.24) is 9.47 Å². The summed E-state index contributed by atoms with van der Waals surface area (Å²) in [4.78, 5) is 15.1. The van der Waals surface area contributed by atoms with E-state index in [0.717, 1.165) is 31.5 Å². The Morgan fingerprint density at radius 1 is 1.00 bits per heavy atom. The van der Waals surface area contributed by atoms with Crippen LogP contribution in [-0.4, -0.2) is 36.3 Å². The van der Waals surface area contributed by atoms with E-state index in [2.05, 4.69) is 41.2 Å². The van der Waals surface area contributed by atoms with Crippen LogP contribution in [0.2, 0.25) is 0 Å². The molecule has 3 aromatic rings. The lowest BCUT2D eigenvalue weighted by molar-refractivity contribution is 0.206. The summed E-state index contributed by atoms with van der Waals surface area (Å²) in [6.07, 6.45) is 5.22. The molecule has 2 aromatic carbocycles. The summed E-state index contributed by atoms with van der Waals surface area (Å²) < 4.78 is 12.9. The van der Waals surface area contributed by atoms with Gasteiger partial charge in [-0.25, -0.2) is 4.79 Å². The molecule has 0 fully saturated rings. The van der Waals surface area contributed by atoms with Crippen molar-refractivity contribution < 1.29 is 14.3 Å². The molecule has 0 radical (unpaired) electrons. The minimum atomic E-state index is -0.142. The summed E-state index contributed by atoms with van der Waals surface area (Å²) in [7, 11) is 3.19. The van der Waals surface area contributed by atoms with E-state index in [1.165, 1.54) is 5.56 Å². The van der Waals surface area contributed by atoms with Gasteiger partial charge in [0.25, 0.3) is 0 Å². The van der Waals surface area contributed by atoms with Gasteiger partial charge in [0, 0.05) is 31.0 Å². The van der Waals surface area contributed by atoms with Crippen LogP contribution in [0.5, 0.6) is 11.5 Å². The minimum absolute atomic E-state index is 0.142. The topological polar surface area (TPSA) is 55.7 Å². The van der Waals surface area contributed by atoms with E-state index in [4.69, 9.17) is 9.47 Å². The highest BCUT2D eigenvalue weighted by atomic mass is 16.5. The standard InChI is InChI=1S/C26H33N3O3/c1-4-5-9-16-29(26(30)27-24-15-14-23(31-2)18-25(24)32-3)20-22-13-10-17-28(22)19-21-11-7-6-8-12-21/h6-8,10-15,17-18H,4-5,9,16,19-20H2,1-3H3,(H,27,30). The largest absolute Gasteiger partial charge is 0.497 e. The van der Waals surface area contributed by atoms with Crippen molar-refractivity contribution in [3.8, 4) is 11.5 Å². The lowest BCUT2D eigenvalue weighted by Gasteiger charge is -2.24. The Kier molecular flexibility index (Phi) is 8.61. The second-order valence-electron chi connectivity index (χ2n) is 7.74. The second-order valence-corrected chi connectivity index (χ2v) is 7.74. The Hall–Kier alpha value is -3.41. The zero-order valence-corrected chi connectivity index (χ0v) is 19.2. The van der Waals surface area contributed by atoms with Gasteiger partial charge in [-0.05, 0) is 36.2 Å². The van der Waals surface area contributed by atoms with Crippen LogP contribution in [0.3, 0.4) is 0 Å². The molecule has 32 heavy (non-hydrogen) atoms. The molecule has 6 heteroatoms. The van der Waals surface area contributed by atoms with E-state index in [1.807, 2.05) is 35.2 Å². The summed E-state index contributed by atoms with van der Waals surface area (Å²) in [5.41, 5.74) is 2.95. The van der Waals surface area contributed by atoms with Crippen molar-refractivity contribution in [1.29, 1.82) is 0 Å². The SMILES string of the molecule is CCCCCN(Cc1cccn1Cc1ccccc1)C(=O)Nc1ccc(OC)cc1OC. The molecule has 1 aromatic heterocycles. The van der Waals surface area contributed by atoms with Crippen LogP contribution < -0.4 is 14.8 Å². The predicted octanol–water partition coefficient (Wildman–Crippen LogP) is 5.78. The van der Waals surface area contributed by atoms with E-state index in [9.17, 15) is 4.79 Å². The van der Waals surface area contributed by atoms with Gasteiger partial charge in [0.1, 0.15) is 11.5 Å². The van der Waals surface area contributed by atoms with Crippen LogP contribution in [0, 0.1) is 0 Å². The Balaban J connectivity index is 1.75. The highest BCUT2D eigenvalue weighted by Crippen LogP contribution is 2.29. The van der Waals surface area contributed by atoms with Gasteiger partial charge in [-0.1, -0.05) is 50.1 Å². The fourth-order valence-electron chi connectivity index (χ4n) is 3.62. The van der Waals surface area contributed by atoms with E-state index in [0.29, 0.717) is 30.3 Å². The maximum absolute atomic E-state index is 13.2. The number of anilines is 1.